The van der Waals surface area contributed by atoms with E-state index < -0.39 is 0 Å². The van der Waals surface area contributed by atoms with Gasteiger partial charge in [-0.15, -0.1) is 11.8 Å². The molecule has 0 saturated carbocycles. The first kappa shape index (κ1) is 14.5. The van der Waals surface area contributed by atoms with Gasteiger partial charge in [0.2, 0.25) is 0 Å². The van der Waals surface area contributed by atoms with Gasteiger partial charge in [-0.2, -0.15) is 0 Å². The highest BCUT2D eigenvalue weighted by atomic mass is 32.2. The van der Waals surface area contributed by atoms with Gasteiger partial charge in [0, 0.05) is 30.6 Å². The van der Waals surface area contributed by atoms with Crippen LogP contribution in [0.15, 0.2) is 29.2 Å². The third-order valence-corrected chi connectivity index (χ3v) is 3.43. The van der Waals surface area contributed by atoms with E-state index in [1.54, 1.807) is 0 Å². The van der Waals surface area contributed by atoms with Crippen LogP contribution in [0.1, 0.15) is 12.5 Å². The van der Waals surface area contributed by atoms with E-state index in [-0.39, 0.29) is 6.04 Å². The zero-order valence-corrected chi connectivity index (χ0v) is 11.5. The highest BCUT2D eigenvalue weighted by Gasteiger charge is 2.05. The van der Waals surface area contributed by atoms with Gasteiger partial charge in [-0.3, -0.25) is 0 Å². The maximum absolute atomic E-state index is 5.82. The van der Waals surface area contributed by atoms with Crippen LogP contribution in [-0.4, -0.2) is 36.8 Å². The monoisotopic (exact) mass is 253 g/mol. The second-order valence-electron chi connectivity index (χ2n) is 4.27. The summed E-state index contributed by atoms with van der Waals surface area (Å²) < 4.78 is 0. The van der Waals surface area contributed by atoms with E-state index in [1.807, 2.05) is 11.8 Å². The zero-order chi connectivity index (χ0) is 12.7. The quantitative estimate of drug-likeness (QED) is 0.723. The van der Waals surface area contributed by atoms with E-state index in [9.17, 15) is 0 Å². The summed E-state index contributed by atoms with van der Waals surface area (Å²) in [5, 5.41) is 0. The molecule has 4 heteroatoms. The van der Waals surface area contributed by atoms with Gasteiger partial charge < -0.3 is 16.4 Å². The maximum atomic E-state index is 5.82. The molecular weight excluding hydrogens is 230 g/mol. The Morgan fingerprint density at radius 3 is 2.47 bits per heavy atom. The van der Waals surface area contributed by atoms with E-state index in [2.05, 4.69) is 43.1 Å². The Morgan fingerprint density at radius 2 is 1.94 bits per heavy atom. The second-order valence-corrected chi connectivity index (χ2v) is 5.61. The molecule has 1 aromatic carbocycles. The lowest BCUT2D eigenvalue weighted by Crippen LogP contribution is -2.40. The third-order valence-electron chi connectivity index (χ3n) is 2.54. The van der Waals surface area contributed by atoms with Crippen LogP contribution in [0.2, 0.25) is 0 Å². The van der Waals surface area contributed by atoms with Gasteiger partial charge in [0.05, 0.1) is 0 Å². The number of nitrogens with zero attached hydrogens (tertiary/aromatic N) is 1. The fraction of sp³-hybridized carbons (Fsp3) is 0.538. The lowest BCUT2D eigenvalue weighted by molar-refractivity contribution is 0.305. The number of nitrogens with two attached hydrogens (primary N) is 2. The summed E-state index contributed by atoms with van der Waals surface area (Å²) in [6.07, 6.45) is 0. The van der Waals surface area contributed by atoms with E-state index >= 15 is 0 Å². The van der Waals surface area contributed by atoms with E-state index in [0.29, 0.717) is 6.54 Å². The van der Waals surface area contributed by atoms with Crippen LogP contribution in [-0.2, 0) is 6.54 Å². The molecule has 0 saturated heterocycles. The van der Waals surface area contributed by atoms with Crippen LogP contribution in [0, 0.1) is 0 Å². The first-order valence-electron chi connectivity index (χ1n) is 6.01. The lowest BCUT2D eigenvalue weighted by Gasteiger charge is -2.20. The summed E-state index contributed by atoms with van der Waals surface area (Å²) in [5.74, 6) is 1.12. The van der Waals surface area contributed by atoms with Crippen LogP contribution < -0.4 is 11.5 Å². The fourth-order valence-corrected chi connectivity index (χ4v) is 2.37. The van der Waals surface area contributed by atoms with Gasteiger partial charge in [-0.25, -0.2) is 0 Å². The molecular formula is C13H23N3S. The first-order valence-corrected chi connectivity index (χ1v) is 7.00. The van der Waals surface area contributed by atoms with Gasteiger partial charge in [-0.1, -0.05) is 19.1 Å². The number of benzene rings is 1. The lowest BCUT2D eigenvalue weighted by atomic mass is 10.2. The van der Waals surface area contributed by atoms with Crippen LogP contribution in [0.5, 0.6) is 0 Å². The van der Waals surface area contributed by atoms with Gasteiger partial charge in [-0.05, 0) is 30.5 Å². The molecule has 3 nitrogen and oxygen atoms in total. The summed E-state index contributed by atoms with van der Waals surface area (Å²) in [6.45, 7) is 4.46. The Kier molecular flexibility index (Phi) is 6.58. The Balaban J connectivity index is 2.45. The van der Waals surface area contributed by atoms with Gasteiger partial charge in [0.25, 0.3) is 0 Å². The molecule has 0 aromatic heterocycles. The number of rotatable bonds is 7. The number of hydrogen-bond acceptors (Lipinski definition) is 4. The molecule has 0 fully saturated rings. The van der Waals surface area contributed by atoms with E-state index in [1.165, 1.54) is 10.5 Å². The number of hydrogen-bond donors (Lipinski definition) is 2. The first-order chi connectivity index (χ1) is 8.15. The average molecular weight is 253 g/mol. The smallest absolute Gasteiger partial charge is 0.0292 e. The summed E-state index contributed by atoms with van der Waals surface area (Å²) in [4.78, 5) is 3.54. The highest BCUT2D eigenvalue weighted by Crippen LogP contribution is 2.18. The predicted octanol–water partition coefficient (Wildman–Crippen LogP) is 1.52. The van der Waals surface area contributed by atoms with Crippen molar-refractivity contribution in [1.82, 2.24) is 4.90 Å². The molecule has 1 atom stereocenters. The molecule has 1 unspecified atom stereocenters. The molecule has 0 aliphatic carbocycles. The molecule has 0 heterocycles. The van der Waals surface area contributed by atoms with Crippen LogP contribution >= 0.6 is 11.8 Å². The van der Waals surface area contributed by atoms with Crippen molar-refractivity contribution >= 4 is 11.8 Å². The van der Waals surface area contributed by atoms with E-state index in [4.69, 9.17) is 11.5 Å². The summed E-state index contributed by atoms with van der Waals surface area (Å²) in [7, 11) is 2.07. The van der Waals surface area contributed by atoms with Crippen molar-refractivity contribution in [2.75, 3.05) is 25.9 Å². The maximum Gasteiger partial charge on any atom is 0.0292 e. The molecule has 1 aromatic rings. The van der Waals surface area contributed by atoms with Crippen LogP contribution in [0.4, 0.5) is 0 Å². The van der Waals surface area contributed by atoms with Crippen molar-refractivity contribution in [3.63, 3.8) is 0 Å². The van der Waals surface area contributed by atoms with Crippen LogP contribution in [0.3, 0.4) is 0 Å². The molecule has 0 aliphatic heterocycles. The Morgan fingerprint density at radius 1 is 1.29 bits per heavy atom. The third kappa shape index (κ3) is 5.55. The minimum absolute atomic E-state index is 0.0647. The molecule has 0 amide bonds. The molecule has 0 radical (unpaired) electrons. The molecule has 0 bridgehead atoms. The molecule has 17 heavy (non-hydrogen) atoms. The van der Waals surface area contributed by atoms with Crippen molar-refractivity contribution in [2.45, 2.75) is 24.4 Å². The summed E-state index contributed by atoms with van der Waals surface area (Å²) >= 11 is 1.87. The normalized spacial score (nSPS) is 13.0. The fourth-order valence-electron chi connectivity index (χ4n) is 1.71. The van der Waals surface area contributed by atoms with Crippen molar-refractivity contribution in [1.29, 1.82) is 0 Å². The average Bonchev–Trinajstić information content (AvgIpc) is 2.31. The second kappa shape index (κ2) is 7.71. The predicted molar refractivity (Wildman–Crippen MR) is 76.2 cm³/mol. The van der Waals surface area contributed by atoms with Gasteiger partial charge >= 0.3 is 0 Å². The van der Waals surface area contributed by atoms with E-state index in [0.717, 1.165) is 18.8 Å². The Labute approximate surface area is 109 Å². The number of thioether (sulfide) groups is 1. The Bertz CT molecular complexity index is 313. The largest absolute Gasteiger partial charge is 0.329 e. The minimum atomic E-state index is 0.0647. The summed E-state index contributed by atoms with van der Waals surface area (Å²) in [5.41, 5.74) is 12.7. The standard InChI is InChI=1S/C13H23N3S/c1-3-17-13-6-4-11(5-7-13)9-16(2)10-12(15)8-14/h4-7,12H,3,8-10,14-15H2,1-2H3. The molecule has 4 N–H and O–H groups in total. The minimum Gasteiger partial charge on any atom is -0.329 e. The highest BCUT2D eigenvalue weighted by molar-refractivity contribution is 7.99. The van der Waals surface area contributed by atoms with Gasteiger partial charge in [0.15, 0.2) is 0 Å². The number of likely N-dealkylation sites (N-methyl/N-ethyl adjacent to an activating group) is 1. The molecule has 1 rings (SSSR count). The zero-order valence-electron chi connectivity index (χ0n) is 10.7. The van der Waals surface area contributed by atoms with Gasteiger partial charge in [0.1, 0.15) is 0 Å². The van der Waals surface area contributed by atoms with Crippen molar-refractivity contribution in [3.05, 3.63) is 29.8 Å². The Hall–Kier alpha value is -0.550. The molecule has 0 aliphatic rings. The molecule has 96 valence electrons. The summed E-state index contributed by atoms with van der Waals surface area (Å²) in [6, 6.07) is 8.79. The van der Waals surface area contributed by atoms with Crippen LogP contribution in [0.25, 0.3) is 0 Å². The molecule has 0 spiro atoms. The van der Waals surface area contributed by atoms with Crippen molar-refractivity contribution in [3.8, 4) is 0 Å². The van der Waals surface area contributed by atoms with Crippen molar-refractivity contribution in [2.24, 2.45) is 11.5 Å². The van der Waals surface area contributed by atoms with Crippen molar-refractivity contribution < 1.29 is 0 Å². The SMILES string of the molecule is CCSc1ccc(CN(C)CC(N)CN)cc1. The topological polar surface area (TPSA) is 55.3 Å².